The van der Waals surface area contributed by atoms with Gasteiger partial charge in [0.1, 0.15) is 29.6 Å². The van der Waals surface area contributed by atoms with Crippen LogP contribution in [0.25, 0.3) is 5.57 Å². The number of aliphatic hydroxyl groups is 1. The number of imide groups is 1. The van der Waals surface area contributed by atoms with Gasteiger partial charge < -0.3 is 24.2 Å². The lowest BCUT2D eigenvalue weighted by molar-refractivity contribution is -0.137. The average molecular weight is 426 g/mol. The van der Waals surface area contributed by atoms with E-state index in [2.05, 4.69) is 0 Å². The van der Waals surface area contributed by atoms with Gasteiger partial charge in [0.15, 0.2) is 0 Å². The number of hydrogen-bond acceptors (Lipinski definition) is 7. The van der Waals surface area contributed by atoms with Gasteiger partial charge >= 0.3 is 0 Å². The summed E-state index contributed by atoms with van der Waals surface area (Å²) >= 11 is 0. The lowest BCUT2D eigenvalue weighted by Gasteiger charge is -2.20. The maximum atomic E-state index is 13.3. The Balaban J connectivity index is 1.82. The molecular weight excluding hydrogens is 400 g/mol. The SMILES string of the molecule is COc1ccc(OCCN2C(=O)C(c3ccccc3OC)=C(N(C)CCO)C2=O)cc1. The minimum atomic E-state index is -0.430. The summed E-state index contributed by atoms with van der Waals surface area (Å²) in [7, 11) is 4.76. The van der Waals surface area contributed by atoms with Crippen LogP contribution in [0, 0.1) is 0 Å². The molecule has 0 radical (unpaired) electrons. The third-order valence-electron chi connectivity index (χ3n) is 4.98. The first-order chi connectivity index (χ1) is 15.0. The van der Waals surface area contributed by atoms with Crippen molar-refractivity contribution in [3.63, 3.8) is 0 Å². The lowest BCUT2D eigenvalue weighted by atomic mass is 10.0. The Hall–Kier alpha value is -3.52. The van der Waals surface area contributed by atoms with Crippen molar-refractivity contribution in [1.29, 1.82) is 0 Å². The summed E-state index contributed by atoms with van der Waals surface area (Å²) in [6.07, 6.45) is 0. The van der Waals surface area contributed by atoms with E-state index in [0.29, 0.717) is 22.8 Å². The number of carbonyl (C=O) groups excluding carboxylic acids is 2. The van der Waals surface area contributed by atoms with Gasteiger partial charge in [-0.15, -0.1) is 0 Å². The van der Waals surface area contributed by atoms with Crippen LogP contribution in [0.3, 0.4) is 0 Å². The van der Waals surface area contributed by atoms with Crippen LogP contribution in [0.2, 0.25) is 0 Å². The summed E-state index contributed by atoms with van der Waals surface area (Å²) in [6.45, 7) is 0.281. The predicted octanol–water partition coefficient (Wildman–Crippen LogP) is 1.79. The molecule has 0 aromatic heterocycles. The number of ether oxygens (including phenoxy) is 3. The molecule has 3 rings (SSSR count). The smallest absolute Gasteiger partial charge is 0.277 e. The maximum Gasteiger partial charge on any atom is 0.277 e. The number of hydrogen-bond donors (Lipinski definition) is 1. The van der Waals surface area contributed by atoms with Crippen molar-refractivity contribution in [1.82, 2.24) is 9.80 Å². The van der Waals surface area contributed by atoms with E-state index in [4.69, 9.17) is 14.2 Å². The van der Waals surface area contributed by atoms with Crippen molar-refractivity contribution in [2.75, 3.05) is 47.6 Å². The molecule has 1 aliphatic heterocycles. The zero-order valence-electron chi connectivity index (χ0n) is 17.8. The van der Waals surface area contributed by atoms with Crippen LogP contribution in [0.1, 0.15) is 5.56 Å². The normalized spacial score (nSPS) is 13.6. The molecule has 0 bridgehead atoms. The molecule has 0 saturated heterocycles. The topological polar surface area (TPSA) is 88.5 Å². The molecule has 0 aliphatic carbocycles. The summed E-state index contributed by atoms with van der Waals surface area (Å²) in [4.78, 5) is 29.2. The number of nitrogens with zero attached hydrogens (tertiary/aromatic N) is 2. The van der Waals surface area contributed by atoms with Gasteiger partial charge in [-0.3, -0.25) is 14.5 Å². The largest absolute Gasteiger partial charge is 0.497 e. The van der Waals surface area contributed by atoms with Gasteiger partial charge in [0.25, 0.3) is 11.8 Å². The predicted molar refractivity (Wildman–Crippen MR) is 115 cm³/mol. The van der Waals surface area contributed by atoms with Gasteiger partial charge in [-0.2, -0.15) is 0 Å². The first kappa shape index (κ1) is 22.2. The minimum Gasteiger partial charge on any atom is -0.497 e. The van der Waals surface area contributed by atoms with Gasteiger partial charge in [-0.1, -0.05) is 18.2 Å². The van der Waals surface area contributed by atoms with Crippen LogP contribution >= 0.6 is 0 Å². The van der Waals surface area contributed by atoms with Crippen molar-refractivity contribution < 1.29 is 28.9 Å². The molecular formula is C23H26N2O6. The summed E-state index contributed by atoms with van der Waals surface area (Å²) in [5.74, 6) is 0.951. The standard InChI is InChI=1S/C23H26N2O6/c1-24(12-14-26)21-20(18-6-4-5-7-19(18)30-3)22(27)25(23(21)28)13-15-31-17-10-8-16(29-2)9-11-17/h4-11,26H,12-15H2,1-3H3. The van der Waals surface area contributed by atoms with Crippen molar-refractivity contribution in [2.24, 2.45) is 0 Å². The van der Waals surface area contributed by atoms with E-state index in [1.54, 1.807) is 67.6 Å². The molecule has 2 aromatic carbocycles. The highest BCUT2D eigenvalue weighted by molar-refractivity contribution is 6.36. The van der Waals surface area contributed by atoms with E-state index >= 15 is 0 Å². The first-order valence-electron chi connectivity index (χ1n) is 9.84. The fraction of sp³-hybridized carbons (Fsp3) is 0.304. The molecule has 31 heavy (non-hydrogen) atoms. The molecule has 0 saturated carbocycles. The van der Waals surface area contributed by atoms with Gasteiger partial charge in [0, 0.05) is 19.2 Å². The number of para-hydroxylation sites is 1. The minimum absolute atomic E-state index is 0.0822. The van der Waals surface area contributed by atoms with Gasteiger partial charge in [0.05, 0.1) is 32.9 Å². The maximum absolute atomic E-state index is 13.3. The fourth-order valence-electron chi connectivity index (χ4n) is 3.40. The van der Waals surface area contributed by atoms with E-state index < -0.39 is 11.8 Å². The van der Waals surface area contributed by atoms with E-state index in [-0.39, 0.29) is 37.6 Å². The van der Waals surface area contributed by atoms with Crippen molar-refractivity contribution in [3.8, 4) is 17.2 Å². The zero-order chi connectivity index (χ0) is 22.4. The van der Waals surface area contributed by atoms with E-state index in [9.17, 15) is 14.7 Å². The van der Waals surface area contributed by atoms with E-state index in [1.165, 1.54) is 7.11 Å². The number of carbonyl (C=O) groups is 2. The van der Waals surface area contributed by atoms with Gasteiger partial charge in [-0.05, 0) is 30.3 Å². The molecule has 0 spiro atoms. The quantitative estimate of drug-likeness (QED) is 0.580. The van der Waals surface area contributed by atoms with Crippen molar-refractivity contribution >= 4 is 17.4 Å². The second-order valence-electron chi connectivity index (χ2n) is 6.85. The number of likely N-dealkylation sites (N-methyl/N-ethyl adjacent to an activating group) is 1. The Morgan fingerprint density at radius 1 is 0.935 bits per heavy atom. The highest BCUT2D eigenvalue weighted by Gasteiger charge is 2.41. The van der Waals surface area contributed by atoms with E-state index in [1.807, 2.05) is 0 Å². The van der Waals surface area contributed by atoms with Crippen LogP contribution in [0.4, 0.5) is 0 Å². The summed E-state index contributed by atoms with van der Waals surface area (Å²) in [5.41, 5.74) is 1.01. The van der Waals surface area contributed by atoms with Gasteiger partial charge in [-0.25, -0.2) is 0 Å². The molecule has 1 aliphatic rings. The molecule has 164 valence electrons. The molecule has 2 amide bonds. The van der Waals surface area contributed by atoms with Crippen LogP contribution in [-0.4, -0.2) is 74.3 Å². The average Bonchev–Trinajstić information content (AvgIpc) is 3.04. The summed E-state index contributed by atoms with van der Waals surface area (Å²) < 4.78 is 16.2. The monoisotopic (exact) mass is 426 g/mol. The molecule has 2 aromatic rings. The van der Waals surface area contributed by atoms with Crippen LogP contribution in [0.15, 0.2) is 54.2 Å². The van der Waals surface area contributed by atoms with Crippen molar-refractivity contribution in [2.45, 2.75) is 0 Å². The number of benzene rings is 2. The van der Waals surface area contributed by atoms with Crippen LogP contribution in [-0.2, 0) is 9.59 Å². The molecule has 0 unspecified atom stereocenters. The number of rotatable bonds is 10. The summed E-state index contributed by atoms with van der Waals surface area (Å²) in [6, 6.07) is 14.1. The third-order valence-corrected chi connectivity index (χ3v) is 4.98. The number of methoxy groups -OCH3 is 2. The Kier molecular flexibility index (Phi) is 7.15. The Bertz CT molecular complexity index is 970. The Morgan fingerprint density at radius 3 is 2.26 bits per heavy atom. The molecule has 1 N–H and O–H groups in total. The second kappa shape index (κ2) is 9.99. The zero-order valence-corrected chi connectivity index (χ0v) is 17.8. The molecule has 0 fully saturated rings. The van der Waals surface area contributed by atoms with Gasteiger partial charge in [0.2, 0.25) is 0 Å². The van der Waals surface area contributed by atoms with Crippen LogP contribution < -0.4 is 14.2 Å². The molecule has 8 nitrogen and oxygen atoms in total. The molecule has 1 heterocycles. The lowest BCUT2D eigenvalue weighted by Crippen LogP contribution is -2.37. The number of aliphatic hydroxyl groups excluding tert-OH is 1. The Morgan fingerprint density at radius 2 is 1.61 bits per heavy atom. The molecule has 8 heteroatoms. The molecule has 0 atom stereocenters. The highest BCUT2D eigenvalue weighted by atomic mass is 16.5. The summed E-state index contributed by atoms with van der Waals surface area (Å²) in [5, 5.41) is 9.35. The fourth-order valence-corrected chi connectivity index (χ4v) is 3.40. The highest BCUT2D eigenvalue weighted by Crippen LogP contribution is 2.35. The second-order valence-corrected chi connectivity index (χ2v) is 6.85. The Labute approximate surface area is 181 Å². The third kappa shape index (κ3) is 4.64. The first-order valence-corrected chi connectivity index (χ1v) is 9.84. The van der Waals surface area contributed by atoms with Crippen molar-refractivity contribution in [3.05, 3.63) is 59.8 Å². The number of amides is 2. The van der Waals surface area contributed by atoms with Crippen LogP contribution in [0.5, 0.6) is 17.2 Å². The van der Waals surface area contributed by atoms with E-state index in [0.717, 1.165) is 4.90 Å².